The van der Waals surface area contributed by atoms with Crippen LogP contribution in [0.1, 0.15) is 23.3 Å². The summed E-state index contributed by atoms with van der Waals surface area (Å²) in [6.45, 7) is 0. The van der Waals surface area contributed by atoms with Crippen molar-refractivity contribution < 1.29 is 4.52 Å². The summed E-state index contributed by atoms with van der Waals surface area (Å²) in [5.41, 5.74) is 2.40. The van der Waals surface area contributed by atoms with Crippen molar-refractivity contribution in [1.82, 2.24) is 4.67 Å². The van der Waals surface area contributed by atoms with Crippen molar-refractivity contribution in [2.24, 2.45) is 0 Å². The summed E-state index contributed by atoms with van der Waals surface area (Å²) in [5, 5.41) is 5.03. The molecule has 0 aliphatic rings. The third-order valence-electron chi connectivity index (χ3n) is 7.48. The Balaban J connectivity index is 1.52. The molecule has 0 radical (unpaired) electrons. The smallest absolute Gasteiger partial charge is 0.108 e. The predicted octanol–water partition coefficient (Wildman–Crippen LogP) is 8.51. The molecule has 4 heteroatoms. The first kappa shape index (κ1) is 29.2. The van der Waals surface area contributed by atoms with Crippen molar-refractivity contribution >= 4 is 37.4 Å². The van der Waals surface area contributed by atoms with Gasteiger partial charge in [-0.3, -0.25) is 4.67 Å². The maximum atomic E-state index is 7.50. The first-order chi connectivity index (χ1) is 21.3. The molecule has 6 aromatic carbocycles. The molecule has 0 saturated carbocycles. The van der Waals surface area contributed by atoms with E-state index in [0.29, 0.717) is 0 Å². The van der Waals surface area contributed by atoms with Gasteiger partial charge in [-0.2, -0.15) is 0 Å². The Hall–Kier alpha value is -3.90. The zero-order chi connectivity index (χ0) is 29.3. The van der Waals surface area contributed by atoms with Gasteiger partial charge in [-0.05, 0) is 28.8 Å². The Labute approximate surface area is 258 Å². The lowest BCUT2D eigenvalue weighted by molar-refractivity contribution is 0.144. The van der Waals surface area contributed by atoms with Crippen LogP contribution in [0.5, 0.6) is 0 Å². The third-order valence-corrected chi connectivity index (χ3v) is 11.9. The van der Waals surface area contributed by atoms with Gasteiger partial charge in [0.15, 0.2) is 0 Å². The SMILES string of the molecule is CN([C@@H](c1ccccc1)[C@@H](OP(c1ccccc1)c1ccccc1)c1ccccc1)P(c1ccccc1)c1ccccc1. The molecule has 0 aliphatic carbocycles. The monoisotopic (exact) mass is 595 g/mol. The Bertz CT molecular complexity index is 1570. The standard InChI is InChI=1S/C39H35NOP2/c1-40(42(34-24-12-4-13-25-34)35-26-14-5-15-27-35)38(32-20-8-2-9-21-32)39(33-22-10-3-11-23-33)41-43(36-28-16-6-17-29-36)37-30-18-7-19-31-37/h2-31,38-39H,1H3/t38-,39-/m0/s1. The minimum Gasteiger partial charge on any atom is -0.340 e. The fraction of sp³-hybridized carbons (Fsp3) is 0.0769. The molecule has 0 unspecified atom stereocenters. The van der Waals surface area contributed by atoms with Crippen molar-refractivity contribution in [3.63, 3.8) is 0 Å². The van der Waals surface area contributed by atoms with Crippen molar-refractivity contribution in [2.75, 3.05) is 7.05 Å². The van der Waals surface area contributed by atoms with Gasteiger partial charge in [0.05, 0.1) is 14.2 Å². The fourth-order valence-corrected chi connectivity index (χ4v) is 9.80. The predicted molar refractivity (Wildman–Crippen MR) is 185 cm³/mol. The molecule has 0 heterocycles. The minimum atomic E-state index is -1.11. The van der Waals surface area contributed by atoms with Gasteiger partial charge in [0, 0.05) is 18.7 Å². The number of rotatable bonds is 11. The topological polar surface area (TPSA) is 12.5 Å². The molecule has 0 aliphatic heterocycles. The highest BCUT2D eigenvalue weighted by atomic mass is 31.1. The van der Waals surface area contributed by atoms with E-state index in [2.05, 4.69) is 194 Å². The zero-order valence-electron chi connectivity index (χ0n) is 24.2. The molecule has 0 N–H and O–H groups in total. The lowest BCUT2D eigenvalue weighted by atomic mass is 9.96. The Morgan fingerprint density at radius 2 is 0.744 bits per heavy atom. The van der Waals surface area contributed by atoms with Crippen LogP contribution in [0, 0.1) is 0 Å². The van der Waals surface area contributed by atoms with E-state index in [1.165, 1.54) is 32.3 Å². The van der Waals surface area contributed by atoms with Gasteiger partial charge >= 0.3 is 0 Å². The number of nitrogens with zero attached hydrogens (tertiary/aromatic N) is 1. The normalized spacial score (nSPS) is 12.8. The van der Waals surface area contributed by atoms with E-state index in [0.717, 1.165) is 0 Å². The Morgan fingerprint density at radius 3 is 1.14 bits per heavy atom. The molecular formula is C39H35NOP2. The molecule has 0 amide bonds. The summed E-state index contributed by atoms with van der Waals surface area (Å²) in [6, 6.07) is 64.8. The van der Waals surface area contributed by atoms with Gasteiger partial charge in [-0.25, -0.2) is 0 Å². The molecule has 0 aromatic heterocycles. The third kappa shape index (κ3) is 7.02. The van der Waals surface area contributed by atoms with Crippen LogP contribution in [0.2, 0.25) is 0 Å². The van der Waals surface area contributed by atoms with Crippen LogP contribution < -0.4 is 21.2 Å². The van der Waals surface area contributed by atoms with E-state index in [1.54, 1.807) is 0 Å². The van der Waals surface area contributed by atoms with Gasteiger partial charge in [0.1, 0.15) is 6.10 Å². The van der Waals surface area contributed by atoms with Crippen LogP contribution in [0.15, 0.2) is 182 Å². The van der Waals surface area contributed by atoms with Gasteiger partial charge < -0.3 is 4.52 Å². The van der Waals surface area contributed by atoms with Crippen molar-refractivity contribution in [3.05, 3.63) is 193 Å². The summed E-state index contributed by atoms with van der Waals surface area (Å²) in [5.74, 6) is 0. The minimum absolute atomic E-state index is 0.0625. The molecule has 6 rings (SSSR count). The molecular weight excluding hydrogens is 560 g/mol. The number of hydrogen-bond donors (Lipinski definition) is 0. The average Bonchev–Trinajstić information content (AvgIpc) is 3.09. The lowest BCUT2D eigenvalue weighted by Gasteiger charge is -2.41. The first-order valence-electron chi connectivity index (χ1n) is 14.6. The average molecular weight is 596 g/mol. The second kappa shape index (κ2) is 14.5. The fourth-order valence-electron chi connectivity index (χ4n) is 5.47. The van der Waals surface area contributed by atoms with Crippen LogP contribution in [0.3, 0.4) is 0 Å². The second-order valence-corrected chi connectivity index (χ2v) is 14.4. The maximum absolute atomic E-state index is 7.50. The molecule has 43 heavy (non-hydrogen) atoms. The first-order valence-corrected chi connectivity index (χ1v) is 17.1. The molecule has 0 bridgehead atoms. The Kier molecular flexibility index (Phi) is 9.85. The van der Waals surface area contributed by atoms with E-state index in [4.69, 9.17) is 4.52 Å². The van der Waals surface area contributed by atoms with Crippen LogP contribution >= 0.6 is 16.2 Å². The van der Waals surface area contributed by atoms with Gasteiger partial charge in [0.25, 0.3) is 0 Å². The molecule has 2 atom stereocenters. The number of hydrogen-bond acceptors (Lipinski definition) is 2. The van der Waals surface area contributed by atoms with Crippen molar-refractivity contribution in [1.29, 1.82) is 0 Å². The summed E-state index contributed by atoms with van der Waals surface area (Å²) >= 11 is 0. The number of benzene rings is 6. The summed E-state index contributed by atoms with van der Waals surface area (Å²) < 4.78 is 10.1. The van der Waals surface area contributed by atoms with E-state index in [1.807, 2.05) is 0 Å². The summed E-state index contributed by atoms with van der Waals surface area (Å²) in [4.78, 5) is 0. The molecule has 0 saturated heterocycles. The van der Waals surface area contributed by atoms with Crippen LogP contribution in [-0.2, 0) is 4.52 Å². The van der Waals surface area contributed by atoms with Crippen LogP contribution in [0.25, 0.3) is 0 Å². The highest BCUT2D eigenvalue weighted by Gasteiger charge is 2.36. The lowest BCUT2D eigenvalue weighted by Crippen LogP contribution is -2.33. The van der Waals surface area contributed by atoms with Gasteiger partial charge in [-0.15, -0.1) is 0 Å². The zero-order valence-corrected chi connectivity index (χ0v) is 26.0. The van der Waals surface area contributed by atoms with Crippen LogP contribution in [-0.4, -0.2) is 11.7 Å². The largest absolute Gasteiger partial charge is 0.340 e. The molecule has 212 valence electrons. The molecule has 0 spiro atoms. The summed E-state index contributed by atoms with van der Waals surface area (Å²) in [7, 11) is 0.294. The molecule has 0 fully saturated rings. The van der Waals surface area contributed by atoms with Crippen LogP contribution in [0.4, 0.5) is 0 Å². The maximum Gasteiger partial charge on any atom is 0.108 e. The quantitative estimate of drug-likeness (QED) is 0.139. The number of likely N-dealkylation sites (N-methyl/N-ethyl adjacent to an activating group) is 1. The van der Waals surface area contributed by atoms with Crippen molar-refractivity contribution in [3.8, 4) is 0 Å². The Morgan fingerprint density at radius 1 is 0.419 bits per heavy atom. The highest BCUT2D eigenvalue weighted by molar-refractivity contribution is 7.70. The second-order valence-electron chi connectivity index (χ2n) is 10.3. The highest BCUT2D eigenvalue weighted by Crippen LogP contribution is 2.52. The molecule has 2 nitrogen and oxygen atoms in total. The van der Waals surface area contributed by atoms with E-state index >= 15 is 0 Å². The van der Waals surface area contributed by atoms with E-state index in [9.17, 15) is 0 Å². The molecule has 6 aromatic rings. The van der Waals surface area contributed by atoms with E-state index in [-0.39, 0.29) is 12.1 Å². The van der Waals surface area contributed by atoms with Gasteiger partial charge in [0.2, 0.25) is 0 Å². The van der Waals surface area contributed by atoms with E-state index < -0.39 is 16.2 Å². The summed E-state index contributed by atoms with van der Waals surface area (Å²) in [6.07, 6.45) is -0.238. The van der Waals surface area contributed by atoms with Crippen molar-refractivity contribution in [2.45, 2.75) is 12.1 Å². The van der Waals surface area contributed by atoms with Gasteiger partial charge in [-0.1, -0.05) is 182 Å².